The van der Waals surface area contributed by atoms with Crippen molar-refractivity contribution in [2.24, 2.45) is 0 Å². The van der Waals surface area contributed by atoms with Gasteiger partial charge in [0.1, 0.15) is 0 Å². The van der Waals surface area contributed by atoms with E-state index in [1.54, 1.807) is 0 Å². The predicted molar refractivity (Wildman–Crippen MR) is 147 cm³/mol. The van der Waals surface area contributed by atoms with Crippen molar-refractivity contribution in [3.63, 3.8) is 0 Å². The second kappa shape index (κ2) is 8.73. The zero-order valence-corrected chi connectivity index (χ0v) is 20.6. The average molecular weight is 493 g/mol. The molecule has 4 nitrogen and oxygen atoms in total. The first kappa shape index (κ1) is 21.2. The molecule has 0 bridgehead atoms. The first-order chi connectivity index (χ1) is 15.6. The molecule has 1 heterocycles. The van der Waals surface area contributed by atoms with Gasteiger partial charge < -0.3 is 10.2 Å². The SMILES string of the molecule is S=P1(Nc2ccccc2)N(c2ccccc2)P(=S)(Nc2ccccc2)N1c1ccccc1. The Bertz CT molecular complexity index is 1170. The summed E-state index contributed by atoms with van der Waals surface area (Å²) in [4.78, 5) is 0. The van der Waals surface area contributed by atoms with Gasteiger partial charge in [-0.2, -0.15) is 0 Å². The molecule has 32 heavy (non-hydrogen) atoms. The zero-order valence-electron chi connectivity index (χ0n) is 17.2. The maximum absolute atomic E-state index is 6.46. The summed E-state index contributed by atoms with van der Waals surface area (Å²) in [7, 11) is 0. The molecule has 4 aromatic rings. The summed E-state index contributed by atoms with van der Waals surface area (Å²) in [6.07, 6.45) is 0. The minimum Gasteiger partial charge on any atom is -0.325 e. The lowest BCUT2D eigenvalue weighted by Crippen LogP contribution is -2.48. The lowest BCUT2D eigenvalue weighted by molar-refractivity contribution is 1.38. The number of anilines is 4. The normalized spacial score (nSPS) is 22.1. The first-order valence-electron chi connectivity index (χ1n) is 10.2. The molecular formula is C24H22N4P2S2. The predicted octanol–water partition coefficient (Wildman–Crippen LogP) is 7.69. The van der Waals surface area contributed by atoms with Gasteiger partial charge in [0.05, 0.1) is 11.4 Å². The van der Waals surface area contributed by atoms with Crippen LogP contribution < -0.4 is 19.1 Å². The Kier molecular flexibility index (Phi) is 5.79. The van der Waals surface area contributed by atoms with Crippen LogP contribution in [0.25, 0.3) is 0 Å². The van der Waals surface area contributed by atoms with E-state index < -0.39 is 13.0 Å². The molecule has 1 saturated heterocycles. The molecule has 0 spiro atoms. The van der Waals surface area contributed by atoms with Crippen LogP contribution in [0.4, 0.5) is 22.7 Å². The third-order valence-corrected chi connectivity index (χ3v) is 16.2. The van der Waals surface area contributed by atoms with Crippen LogP contribution in [0, 0.1) is 0 Å². The minimum absolute atomic E-state index is 0.985. The molecule has 1 aliphatic rings. The Morgan fingerprint density at radius 1 is 0.438 bits per heavy atom. The van der Waals surface area contributed by atoms with Gasteiger partial charge in [-0.25, -0.2) is 0 Å². The van der Waals surface area contributed by atoms with Gasteiger partial charge in [-0.15, -0.1) is 0 Å². The van der Waals surface area contributed by atoms with Crippen LogP contribution in [0.15, 0.2) is 121 Å². The summed E-state index contributed by atoms with van der Waals surface area (Å²) in [5, 5.41) is 7.38. The van der Waals surface area contributed by atoms with E-state index in [0.717, 1.165) is 22.7 Å². The number of para-hydroxylation sites is 4. The summed E-state index contributed by atoms with van der Waals surface area (Å²) >= 11 is 12.9. The Balaban J connectivity index is 1.67. The van der Waals surface area contributed by atoms with Crippen molar-refractivity contribution in [3.8, 4) is 0 Å². The van der Waals surface area contributed by atoms with Gasteiger partial charge in [-0.3, -0.25) is 8.88 Å². The van der Waals surface area contributed by atoms with Crippen LogP contribution in [0.1, 0.15) is 0 Å². The van der Waals surface area contributed by atoms with E-state index in [4.69, 9.17) is 23.6 Å². The van der Waals surface area contributed by atoms with E-state index in [1.165, 1.54) is 0 Å². The summed E-state index contributed by atoms with van der Waals surface area (Å²) in [6.45, 7) is -5.01. The molecule has 2 N–H and O–H groups in total. The second-order valence-corrected chi connectivity index (χ2v) is 15.2. The van der Waals surface area contributed by atoms with Crippen LogP contribution in [0.2, 0.25) is 0 Å². The number of benzene rings is 4. The van der Waals surface area contributed by atoms with Gasteiger partial charge >= 0.3 is 0 Å². The second-order valence-electron chi connectivity index (χ2n) is 7.29. The van der Waals surface area contributed by atoms with Gasteiger partial charge in [0.15, 0.2) is 0 Å². The fraction of sp³-hybridized carbons (Fsp3) is 0. The molecule has 0 aromatic heterocycles. The van der Waals surface area contributed by atoms with E-state index in [-0.39, 0.29) is 0 Å². The Morgan fingerprint density at radius 2 is 0.719 bits per heavy atom. The van der Waals surface area contributed by atoms with Crippen molar-refractivity contribution in [1.29, 1.82) is 0 Å². The Hall–Kier alpha value is -2.62. The minimum atomic E-state index is -2.50. The maximum atomic E-state index is 6.46. The fourth-order valence-corrected chi connectivity index (χ4v) is 17.2. The average Bonchev–Trinajstić information content (AvgIpc) is 2.81. The molecule has 8 heteroatoms. The monoisotopic (exact) mass is 492 g/mol. The third kappa shape index (κ3) is 3.74. The highest BCUT2D eigenvalue weighted by atomic mass is 32.5. The van der Waals surface area contributed by atoms with Crippen molar-refractivity contribution in [2.75, 3.05) is 19.1 Å². The quantitative estimate of drug-likeness (QED) is 0.268. The number of nitrogens with zero attached hydrogens (tertiary/aromatic N) is 2. The molecule has 0 amide bonds. The van der Waals surface area contributed by atoms with Crippen molar-refractivity contribution in [1.82, 2.24) is 0 Å². The van der Waals surface area contributed by atoms with E-state index in [0.29, 0.717) is 0 Å². The molecular weight excluding hydrogens is 470 g/mol. The number of hydrogen-bond acceptors (Lipinski definition) is 2. The van der Waals surface area contributed by atoms with Gasteiger partial charge in [0.25, 0.3) is 0 Å². The molecule has 4 aromatic carbocycles. The van der Waals surface area contributed by atoms with Gasteiger partial charge in [-0.05, 0) is 72.1 Å². The number of hydrogen-bond donors (Lipinski definition) is 2. The lowest BCUT2D eigenvalue weighted by Gasteiger charge is -2.62. The molecule has 1 fully saturated rings. The van der Waals surface area contributed by atoms with Crippen molar-refractivity contribution in [3.05, 3.63) is 121 Å². The number of nitrogens with one attached hydrogen (secondary N) is 2. The van der Waals surface area contributed by atoms with Crippen molar-refractivity contribution in [2.45, 2.75) is 0 Å². The highest BCUT2D eigenvalue weighted by Gasteiger charge is 2.58. The zero-order chi connectivity index (χ0) is 22.0. The summed E-state index contributed by atoms with van der Waals surface area (Å²) in [6, 6.07) is 40.8. The van der Waals surface area contributed by atoms with Crippen LogP contribution in [0.5, 0.6) is 0 Å². The molecule has 0 atom stereocenters. The largest absolute Gasteiger partial charge is 0.325 e. The van der Waals surface area contributed by atoms with E-state index in [2.05, 4.69) is 43.3 Å². The van der Waals surface area contributed by atoms with E-state index >= 15 is 0 Å². The summed E-state index contributed by atoms with van der Waals surface area (Å²) in [5.41, 5.74) is 4.02. The van der Waals surface area contributed by atoms with Gasteiger partial charge in [0.2, 0.25) is 13.0 Å². The Morgan fingerprint density at radius 3 is 1.03 bits per heavy atom. The number of rotatable bonds is 6. The van der Waals surface area contributed by atoms with Crippen molar-refractivity contribution >= 4 is 59.3 Å². The highest BCUT2D eigenvalue weighted by molar-refractivity contribution is 8.37. The van der Waals surface area contributed by atoms with Crippen LogP contribution >= 0.6 is 13.0 Å². The topological polar surface area (TPSA) is 30.5 Å². The maximum Gasteiger partial charge on any atom is 0.229 e. The molecule has 0 unspecified atom stereocenters. The molecule has 160 valence electrons. The molecule has 1 aliphatic heterocycles. The summed E-state index contributed by atoms with van der Waals surface area (Å²) in [5.74, 6) is 0. The molecule has 0 aliphatic carbocycles. The highest BCUT2D eigenvalue weighted by Crippen LogP contribution is 2.86. The van der Waals surface area contributed by atoms with E-state index in [9.17, 15) is 0 Å². The fourth-order valence-electron chi connectivity index (χ4n) is 3.76. The van der Waals surface area contributed by atoms with Crippen LogP contribution in [-0.2, 0) is 23.6 Å². The van der Waals surface area contributed by atoms with Crippen LogP contribution in [-0.4, -0.2) is 0 Å². The molecule has 5 rings (SSSR count). The lowest BCUT2D eigenvalue weighted by atomic mass is 10.3. The summed E-state index contributed by atoms with van der Waals surface area (Å²) < 4.78 is 4.52. The smallest absolute Gasteiger partial charge is 0.229 e. The van der Waals surface area contributed by atoms with Crippen molar-refractivity contribution < 1.29 is 0 Å². The standard InChI is InChI=1S/C24H22N4P2S2/c31-29(25-21-13-5-1-6-14-21)27(23-17-9-3-10-18-23)30(32,26-22-15-7-2-8-16-22)28(29)24-19-11-4-12-20-24/h1-20H,(H,25,31)(H,26,32). The molecule has 0 saturated carbocycles. The first-order valence-corrected chi connectivity index (χ1v) is 15.6. The third-order valence-electron chi connectivity index (χ3n) is 5.10. The van der Waals surface area contributed by atoms with E-state index in [1.807, 2.05) is 97.1 Å². The van der Waals surface area contributed by atoms with Gasteiger partial charge in [0, 0.05) is 11.4 Å². The molecule has 0 radical (unpaired) electrons. The van der Waals surface area contributed by atoms with Gasteiger partial charge in [-0.1, -0.05) is 72.8 Å². The Labute approximate surface area is 199 Å². The van der Waals surface area contributed by atoms with Crippen LogP contribution in [0.3, 0.4) is 0 Å².